The third-order valence-corrected chi connectivity index (χ3v) is 3.40. The lowest BCUT2D eigenvalue weighted by atomic mass is 10.3. The molecule has 2 N–H and O–H groups in total. The van der Waals surface area contributed by atoms with Crippen molar-refractivity contribution in [3.05, 3.63) is 72.6 Å². The molecule has 0 saturated carbocycles. The second-order valence-electron chi connectivity index (χ2n) is 5.96. The number of nitrogens with one attached hydrogen (secondary N) is 2. The molecule has 0 aliphatic heterocycles. The molecule has 132 valence electrons. The Kier molecular flexibility index (Phi) is 5.43. The van der Waals surface area contributed by atoms with Crippen molar-refractivity contribution >= 4 is 17.5 Å². The highest BCUT2D eigenvalue weighted by atomic mass is 16.5. The van der Waals surface area contributed by atoms with E-state index in [9.17, 15) is 4.79 Å². The highest BCUT2D eigenvalue weighted by Gasteiger charge is 2.10. The van der Waals surface area contributed by atoms with Crippen molar-refractivity contribution in [2.24, 2.45) is 0 Å². The molecule has 6 heteroatoms. The number of benzene rings is 2. The average Bonchev–Trinajstić information content (AvgIpc) is 2.64. The van der Waals surface area contributed by atoms with E-state index < -0.39 is 0 Å². The molecular formula is C20H20N4O2. The number of anilines is 2. The molecule has 0 fully saturated rings. The van der Waals surface area contributed by atoms with Gasteiger partial charge in [-0.3, -0.25) is 4.79 Å². The van der Waals surface area contributed by atoms with E-state index in [-0.39, 0.29) is 11.9 Å². The molecule has 1 amide bonds. The van der Waals surface area contributed by atoms with Crippen LogP contribution >= 0.6 is 0 Å². The Morgan fingerprint density at radius 1 is 0.962 bits per heavy atom. The van der Waals surface area contributed by atoms with Gasteiger partial charge < -0.3 is 15.4 Å². The van der Waals surface area contributed by atoms with Gasteiger partial charge in [-0.25, -0.2) is 9.97 Å². The van der Waals surface area contributed by atoms with Crippen molar-refractivity contribution in [2.45, 2.75) is 19.9 Å². The molecule has 0 atom stereocenters. The molecule has 2 aromatic carbocycles. The summed E-state index contributed by atoms with van der Waals surface area (Å²) in [5, 5.41) is 5.89. The molecule has 0 aliphatic carbocycles. The van der Waals surface area contributed by atoms with Crippen LogP contribution in [-0.2, 0) is 0 Å². The molecular weight excluding hydrogens is 328 g/mol. The number of amides is 1. The summed E-state index contributed by atoms with van der Waals surface area (Å²) in [6.07, 6.45) is 1.55. The van der Waals surface area contributed by atoms with Crippen molar-refractivity contribution in [3.63, 3.8) is 0 Å². The van der Waals surface area contributed by atoms with Gasteiger partial charge in [-0.1, -0.05) is 18.2 Å². The summed E-state index contributed by atoms with van der Waals surface area (Å²) in [6.45, 7) is 3.80. The van der Waals surface area contributed by atoms with Crippen LogP contribution in [0.1, 0.15) is 24.3 Å². The van der Waals surface area contributed by atoms with Crippen LogP contribution in [0.25, 0.3) is 0 Å². The van der Waals surface area contributed by atoms with Gasteiger partial charge >= 0.3 is 0 Å². The SMILES string of the molecule is CC(C)NC(=O)c1ccnc(Nc2ccc(Oc3ccccc3)cc2)n1. The molecule has 0 radical (unpaired) electrons. The summed E-state index contributed by atoms with van der Waals surface area (Å²) in [4.78, 5) is 20.4. The molecule has 0 saturated heterocycles. The van der Waals surface area contributed by atoms with Gasteiger partial charge in [-0.15, -0.1) is 0 Å². The molecule has 0 bridgehead atoms. The van der Waals surface area contributed by atoms with Crippen molar-refractivity contribution in [2.75, 3.05) is 5.32 Å². The second kappa shape index (κ2) is 8.11. The summed E-state index contributed by atoms with van der Waals surface area (Å²) >= 11 is 0. The predicted octanol–water partition coefficient (Wildman–Crippen LogP) is 4.15. The Labute approximate surface area is 152 Å². The van der Waals surface area contributed by atoms with Crippen LogP contribution in [0.3, 0.4) is 0 Å². The van der Waals surface area contributed by atoms with Gasteiger partial charge in [0.1, 0.15) is 17.2 Å². The summed E-state index contributed by atoms with van der Waals surface area (Å²) in [5.41, 5.74) is 1.12. The number of ether oxygens (including phenoxy) is 1. The zero-order valence-electron chi connectivity index (χ0n) is 14.6. The van der Waals surface area contributed by atoms with Gasteiger partial charge in [0.15, 0.2) is 0 Å². The first-order chi connectivity index (χ1) is 12.6. The van der Waals surface area contributed by atoms with E-state index in [4.69, 9.17) is 4.74 Å². The Morgan fingerprint density at radius 2 is 1.65 bits per heavy atom. The number of hydrogen-bond donors (Lipinski definition) is 2. The van der Waals surface area contributed by atoms with Crippen LogP contribution in [0.2, 0.25) is 0 Å². The number of para-hydroxylation sites is 1. The van der Waals surface area contributed by atoms with Crippen LogP contribution in [0.5, 0.6) is 11.5 Å². The monoisotopic (exact) mass is 348 g/mol. The Morgan fingerprint density at radius 3 is 2.35 bits per heavy atom. The van der Waals surface area contributed by atoms with E-state index in [1.807, 2.05) is 68.4 Å². The lowest BCUT2D eigenvalue weighted by molar-refractivity contribution is 0.0938. The van der Waals surface area contributed by atoms with Crippen molar-refractivity contribution in [1.29, 1.82) is 0 Å². The molecule has 0 unspecified atom stereocenters. The quantitative estimate of drug-likeness (QED) is 0.700. The standard InChI is InChI=1S/C20H20N4O2/c1-14(2)22-19(25)18-12-13-21-20(24-18)23-15-8-10-17(11-9-15)26-16-6-4-3-5-7-16/h3-14H,1-2H3,(H,22,25)(H,21,23,24). The predicted molar refractivity (Wildman–Crippen MR) is 101 cm³/mol. The fraction of sp³-hybridized carbons (Fsp3) is 0.150. The largest absolute Gasteiger partial charge is 0.457 e. The highest BCUT2D eigenvalue weighted by molar-refractivity contribution is 5.92. The normalized spacial score (nSPS) is 10.4. The number of aromatic nitrogens is 2. The second-order valence-corrected chi connectivity index (χ2v) is 5.96. The van der Waals surface area contributed by atoms with Crippen molar-refractivity contribution in [3.8, 4) is 11.5 Å². The summed E-state index contributed by atoms with van der Waals surface area (Å²) in [5.74, 6) is 1.64. The fourth-order valence-corrected chi connectivity index (χ4v) is 2.24. The first kappa shape index (κ1) is 17.4. The average molecular weight is 348 g/mol. The maximum absolute atomic E-state index is 12.0. The fourth-order valence-electron chi connectivity index (χ4n) is 2.24. The van der Waals surface area contributed by atoms with Crippen LogP contribution in [0.15, 0.2) is 66.9 Å². The minimum Gasteiger partial charge on any atom is -0.457 e. The number of hydrogen-bond acceptors (Lipinski definition) is 5. The molecule has 3 rings (SSSR count). The molecule has 0 spiro atoms. The van der Waals surface area contributed by atoms with Gasteiger partial charge in [0.2, 0.25) is 5.95 Å². The van der Waals surface area contributed by atoms with Gasteiger partial charge in [-0.2, -0.15) is 0 Å². The van der Waals surface area contributed by atoms with E-state index in [0.717, 1.165) is 17.2 Å². The third kappa shape index (κ3) is 4.80. The molecule has 1 heterocycles. The Hall–Kier alpha value is -3.41. The molecule has 26 heavy (non-hydrogen) atoms. The van der Waals surface area contributed by atoms with Crippen LogP contribution < -0.4 is 15.4 Å². The van der Waals surface area contributed by atoms with E-state index >= 15 is 0 Å². The van der Waals surface area contributed by atoms with Crippen LogP contribution in [0, 0.1) is 0 Å². The van der Waals surface area contributed by atoms with Gasteiger partial charge in [0, 0.05) is 17.9 Å². The highest BCUT2D eigenvalue weighted by Crippen LogP contribution is 2.23. The summed E-state index contributed by atoms with van der Waals surface area (Å²) in [7, 11) is 0. The number of nitrogens with zero attached hydrogens (tertiary/aromatic N) is 2. The third-order valence-electron chi connectivity index (χ3n) is 3.40. The smallest absolute Gasteiger partial charge is 0.270 e. The lowest BCUT2D eigenvalue weighted by Gasteiger charge is -2.10. The maximum Gasteiger partial charge on any atom is 0.270 e. The molecule has 6 nitrogen and oxygen atoms in total. The van der Waals surface area contributed by atoms with Crippen molar-refractivity contribution in [1.82, 2.24) is 15.3 Å². The zero-order valence-corrected chi connectivity index (χ0v) is 14.6. The zero-order chi connectivity index (χ0) is 18.4. The lowest BCUT2D eigenvalue weighted by Crippen LogP contribution is -2.30. The minimum atomic E-state index is -0.225. The van der Waals surface area contributed by atoms with E-state index in [1.165, 1.54) is 0 Å². The van der Waals surface area contributed by atoms with Gasteiger partial charge in [-0.05, 0) is 56.3 Å². The maximum atomic E-state index is 12.0. The minimum absolute atomic E-state index is 0.0473. The van der Waals surface area contributed by atoms with Crippen molar-refractivity contribution < 1.29 is 9.53 Å². The summed E-state index contributed by atoms with van der Waals surface area (Å²) < 4.78 is 5.76. The number of carbonyl (C=O) groups is 1. The first-order valence-electron chi connectivity index (χ1n) is 8.34. The van der Waals surface area contributed by atoms with Gasteiger partial charge in [0.05, 0.1) is 0 Å². The summed E-state index contributed by atoms with van der Waals surface area (Å²) in [6, 6.07) is 18.6. The Balaban J connectivity index is 1.66. The first-order valence-corrected chi connectivity index (χ1v) is 8.34. The number of rotatable bonds is 6. The topological polar surface area (TPSA) is 76.1 Å². The van der Waals surface area contributed by atoms with E-state index in [2.05, 4.69) is 20.6 Å². The van der Waals surface area contributed by atoms with Crippen LogP contribution in [0.4, 0.5) is 11.6 Å². The van der Waals surface area contributed by atoms with Crippen LogP contribution in [-0.4, -0.2) is 21.9 Å². The Bertz CT molecular complexity index is 864. The molecule has 1 aromatic heterocycles. The molecule has 0 aliphatic rings. The number of carbonyl (C=O) groups excluding carboxylic acids is 1. The van der Waals surface area contributed by atoms with E-state index in [1.54, 1.807) is 12.3 Å². The van der Waals surface area contributed by atoms with E-state index in [0.29, 0.717) is 11.6 Å². The molecule has 3 aromatic rings. The van der Waals surface area contributed by atoms with Gasteiger partial charge in [0.25, 0.3) is 5.91 Å².